The summed E-state index contributed by atoms with van der Waals surface area (Å²) in [7, 11) is 30.5. The molecule has 2 aromatic heterocycles. The molecule has 9 heteroatoms. The summed E-state index contributed by atoms with van der Waals surface area (Å²) in [4.78, 5) is 13.7. The van der Waals surface area contributed by atoms with Gasteiger partial charge in [0.25, 0.3) is 0 Å². The van der Waals surface area contributed by atoms with Crippen molar-refractivity contribution in [1.29, 1.82) is 0 Å². The van der Waals surface area contributed by atoms with Crippen molar-refractivity contribution in [3.8, 4) is 22.6 Å². The first-order valence-corrected chi connectivity index (χ1v) is 9.08. The fraction of sp³-hybridized carbons (Fsp3) is 0. The van der Waals surface area contributed by atoms with Gasteiger partial charge in [-0.2, -0.15) is 0 Å². The van der Waals surface area contributed by atoms with Gasteiger partial charge in [0.15, 0.2) is 5.82 Å². The van der Waals surface area contributed by atoms with Crippen LogP contribution in [-0.2, 0) is 0 Å². The van der Waals surface area contributed by atoms with Crippen molar-refractivity contribution >= 4 is 93.5 Å². The van der Waals surface area contributed by atoms with E-state index >= 15 is 0 Å². The summed E-state index contributed by atoms with van der Waals surface area (Å²) in [6.45, 7) is 0. The van der Waals surface area contributed by atoms with Gasteiger partial charge in [-0.1, -0.05) is 39.0 Å². The summed E-state index contributed by atoms with van der Waals surface area (Å²) in [5, 5.41) is 0. The molecule has 0 fully saturated rings. The minimum atomic E-state index is 0.151. The van der Waals surface area contributed by atoms with Gasteiger partial charge in [0.05, 0.1) is 11.2 Å². The molecule has 0 spiro atoms. The molecule has 0 saturated carbocycles. The second kappa shape index (κ2) is 7.28. The summed E-state index contributed by atoms with van der Waals surface area (Å²) < 4.78 is 0.950. The lowest BCUT2D eigenvalue weighted by atomic mass is 9.60. The molecule has 4 aromatic rings. The lowest BCUT2D eigenvalue weighted by molar-refractivity contribution is 1.21. The highest BCUT2D eigenvalue weighted by Crippen LogP contribution is 2.26. The Labute approximate surface area is 178 Å². The number of fused-ring (bicyclic) bond motifs is 1. The highest BCUT2D eigenvalue weighted by molar-refractivity contribution is 9.10. The number of hydrogen-bond donors (Lipinski definition) is 0. The van der Waals surface area contributed by atoms with Crippen LogP contribution in [0.5, 0.6) is 0 Å². The van der Waals surface area contributed by atoms with Gasteiger partial charge >= 0.3 is 0 Å². The number of nitrogens with zero attached hydrogens (tertiary/aromatic N) is 3. The Morgan fingerprint density at radius 2 is 1.32 bits per heavy atom. The largest absolute Gasteiger partial charge is 0.252 e. The van der Waals surface area contributed by atoms with Crippen LogP contribution in [0.4, 0.5) is 0 Å². The Bertz CT molecular complexity index is 1200. The number of halogens is 1. The quantitative estimate of drug-likeness (QED) is 0.401. The van der Waals surface area contributed by atoms with Gasteiger partial charge in [0.2, 0.25) is 0 Å². The summed E-state index contributed by atoms with van der Waals surface area (Å²) >= 11 is 3.43. The van der Waals surface area contributed by atoms with Crippen LogP contribution in [-0.4, -0.2) is 54.2 Å². The molecule has 2 heterocycles. The average molecular weight is 411 g/mol. The van der Waals surface area contributed by atoms with Crippen LogP contribution in [0.2, 0.25) is 0 Å². The van der Waals surface area contributed by atoms with E-state index in [1.54, 1.807) is 12.3 Å². The Kier molecular flexibility index (Phi) is 4.96. The maximum atomic E-state index is 6.25. The molecule has 0 unspecified atom stereocenters. The molecule has 0 atom stereocenters. The molecule has 0 amide bonds. The van der Waals surface area contributed by atoms with E-state index in [9.17, 15) is 0 Å². The molecule has 0 N–H and O–H groups in total. The second-order valence-electron chi connectivity index (χ2n) is 6.22. The second-order valence-corrected chi connectivity index (χ2v) is 7.13. The predicted molar refractivity (Wildman–Crippen MR) is 123 cm³/mol. The molecule has 10 radical (unpaired) electrons. The van der Waals surface area contributed by atoms with Crippen LogP contribution < -0.4 is 27.3 Å². The molecular formula is C19H7B5BrN3. The van der Waals surface area contributed by atoms with E-state index in [4.69, 9.17) is 44.2 Å². The SMILES string of the molecule is [B]c1c([B])c([B])c(-c2nc(-c3ccc(Br)cc3)nc3cccnc23)c([B])c1[B]. The van der Waals surface area contributed by atoms with Crippen molar-refractivity contribution in [3.63, 3.8) is 0 Å². The Balaban J connectivity index is 2.09. The predicted octanol–water partition coefficient (Wildman–Crippen LogP) is -0.910. The third-order valence-electron chi connectivity index (χ3n) is 4.49. The minimum absolute atomic E-state index is 0.151. The molecule has 3 nitrogen and oxygen atoms in total. The third kappa shape index (κ3) is 3.12. The molecule has 2 aromatic carbocycles. The molecule has 28 heavy (non-hydrogen) atoms. The lowest BCUT2D eigenvalue weighted by Crippen LogP contribution is -2.55. The number of pyridine rings is 1. The van der Waals surface area contributed by atoms with E-state index in [0.29, 0.717) is 28.1 Å². The summed E-state index contributed by atoms with van der Waals surface area (Å²) in [6, 6.07) is 11.3. The number of rotatable bonds is 2. The van der Waals surface area contributed by atoms with Gasteiger partial charge in [-0.05, 0) is 29.8 Å². The van der Waals surface area contributed by atoms with Gasteiger partial charge < -0.3 is 0 Å². The first-order chi connectivity index (χ1) is 13.4. The van der Waals surface area contributed by atoms with E-state index < -0.39 is 0 Å². The maximum absolute atomic E-state index is 6.25. The first-order valence-electron chi connectivity index (χ1n) is 8.29. The highest BCUT2D eigenvalue weighted by Gasteiger charge is 2.18. The Morgan fingerprint density at radius 3 is 1.96 bits per heavy atom. The Hall–Kier alpha value is -2.27. The normalized spacial score (nSPS) is 11.0. The fourth-order valence-corrected chi connectivity index (χ4v) is 3.24. The third-order valence-corrected chi connectivity index (χ3v) is 5.02. The molecule has 4 rings (SSSR count). The summed E-state index contributed by atoms with van der Waals surface area (Å²) in [6.07, 6.45) is 1.64. The summed E-state index contributed by atoms with van der Waals surface area (Å²) in [5.74, 6) is 0.496. The van der Waals surface area contributed by atoms with E-state index in [0.717, 1.165) is 10.0 Å². The van der Waals surface area contributed by atoms with E-state index in [1.807, 2.05) is 30.3 Å². The molecule has 0 aliphatic rings. The van der Waals surface area contributed by atoms with E-state index in [1.165, 1.54) is 0 Å². The Morgan fingerprint density at radius 1 is 0.714 bits per heavy atom. The van der Waals surface area contributed by atoms with Gasteiger partial charge in [0.1, 0.15) is 44.7 Å². The zero-order chi connectivity index (χ0) is 20.0. The zero-order valence-electron chi connectivity index (χ0n) is 14.6. The number of aromatic nitrogens is 3. The summed E-state index contributed by atoms with van der Waals surface area (Å²) in [5.41, 5.74) is 3.72. The molecule has 0 saturated heterocycles. The molecule has 0 aliphatic carbocycles. The van der Waals surface area contributed by atoms with Crippen molar-refractivity contribution in [2.24, 2.45) is 0 Å². The van der Waals surface area contributed by atoms with Crippen LogP contribution in [0.25, 0.3) is 33.7 Å². The fourth-order valence-electron chi connectivity index (χ4n) is 2.97. The molecule has 120 valence electrons. The monoisotopic (exact) mass is 411 g/mol. The van der Waals surface area contributed by atoms with E-state index in [2.05, 4.69) is 25.9 Å². The minimum Gasteiger partial charge on any atom is -0.252 e. The average Bonchev–Trinajstić information content (AvgIpc) is 2.71. The van der Waals surface area contributed by atoms with Crippen molar-refractivity contribution in [3.05, 3.63) is 47.1 Å². The number of benzene rings is 2. The van der Waals surface area contributed by atoms with Gasteiger partial charge in [0, 0.05) is 16.2 Å². The van der Waals surface area contributed by atoms with Crippen molar-refractivity contribution in [1.82, 2.24) is 15.0 Å². The number of hydrogen-bond acceptors (Lipinski definition) is 3. The van der Waals surface area contributed by atoms with Crippen LogP contribution in [0.3, 0.4) is 0 Å². The lowest BCUT2D eigenvalue weighted by Gasteiger charge is -2.21. The topological polar surface area (TPSA) is 38.7 Å². The molecule has 0 bridgehead atoms. The molecular weight excluding hydrogens is 404 g/mol. The smallest absolute Gasteiger partial charge is 0.160 e. The standard InChI is InChI=1S/C19H7B5BrN3/c20-12-11(13(21)15(23)16(24)14(12)22)18-17-10(2-1-7-26-17)27-19(28-18)8-3-5-9(25)6-4-8/h1-7H. The van der Waals surface area contributed by atoms with E-state index in [-0.39, 0.29) is 27.3 Å². The highest BCUT2D eigenvalue weighted by atomic mass is 79.9. The van der Waals surface area contributed by atoms with Crippen molar-refractivity contribution in [2.45, 2.75) is 0 Å². The van der Waals surface area contributed by atoms with Crippen molar-refractivity contribution in [2.75, 3.05) is 0 Å². The molecule has 0 aliphatic heterocycles. The van der Waals surface area contributed by atoms with Crippen LogP contribution >= 0.6 is 15.9 Å². The zero-order valence-corrected chi connectivity index (χ0v) is 16.2. The van der Waals surface area contributed by atoms with Crippen molar-refractivity contribution < 1.29 is 0 Å². The van der Waals surface area contributed by atoms with Crippen LogP contribution in [0, 0.1) is 0 Å². The van der Waals surface area contributed by atoms with Crippen LogP contribution in [0.1, 0.15) is 0 Å². The first kappa shape index (κ1) is 19.1. The van der Waals surface area contributed by atoms with Gasteiger partial charge in [-0.3, -0.25) is 4.98 Å². The van der Waals surface area contributed by atoms with Crippen LogP contribution in [0.15, 0.2) is 47.1 Å². The van der Waals surface area contributed by atoms with Gasteiger partial charge in [-0.15, -0.1) is 16.4 Å². The maximum Gasteiger partial charge on any atom is 0.160 e. The van der Waals surface area contributed by atoms with Gasteiger partial charge in [-0.25, -0.2) is 9.97 Å².